The predicted molar refractivity (Wildman–Crippen MR) is 72.7 cm³/mol. The minimum Gasteiger partial charge on any atom is -0.459 e. The quantitative estimate of drug-likeness (QED) is 0.309. The monoisotopic (exact) mass is 282 g/mol. The first-order valence-electron chi connectivity index (χ1n) is 6.86. The molecule has 1 aliphatic heterocycles. The molecule has 0 amide bonds. The van der Waals surface area contributed by atoms with Gasteiger partial charge in [0.25, 0.3) is 0 Å². The topological polar surface area (TPSA) is 80.6 Å². The number of carbonyl (C=O) groups is 1. The van der Waals surface area contributed by atoms with Crippen LogP contribution in [0.3, 0.4) is 0 Å². The minimum atomic E-state index is -0.611. The number of nitrogens with one attached hydrogen (secondary N) is 1. The zero-order valence-electron chi connectivity index (χ0n) is 12.1. The Hall–Kier alpha value is -1.58. The van der Waals surface area contributed by atoms with Gasteiger partial charge in [-0.05, 0) is 20.3 Å². The molecule has 0 aromatic carbocycles. The lowest BCUT2D eigenvalue weighted by Crippen LogP contribution is -2.24. The summed E-state index contributed by atoms with van der Waals surface area (Å²) in [6, 6.07) is 1.89. The fourth-order valence-electron chi connectivity index (χ4n) is 1.82. The Bertz CT molecular complexity index is 381. The summed E-state index contributed by atoms with van der Waals surface area (Å²) in [5.41, 5.74) is 0.557. The van der Waals surface area contributed by atoms with E-state index in [4.69, 9.17) is 19.5 Å². The van der Waals surface area contributed by atoms with Crippen molar-refractivity contribution in [3.8, 4) is 6.07 Å². The van der Waals surface area contributed by atoms with Crippen molar-refractivity contribution < 1.29 is 19.0 Å². The number of nitriles is 1. The van der Waals surface area contributed by atoms with Crippen LogP contribution >= 0.6 is 0 Å². The highest BCUT2D eigenvalue weighted by Crippen LogP contribution is 2.12. The van der Waals surface area contributed by atoms with E-state index in [1.807, 2.05) is 13.0 Å². The Kier molecular flexibility index (Phi) is 7.70. The second-order valence-electron chi connectivity index (χ2n) is 4.56. The van der Waals surface area contributed by atoms with Crippen molar-refractivity contribution in [3.05, 3.63) is 11.3 Å². The molecular formula is C14H22N2O4. The van der Waals surface area contributed by atoms with Crippen LogP contribution in [0.4, 0.5) is 0 Å². The van der Waals surface area contributed by atoms with E-state index in [1.54, 1.807) is 6.92 Å². The number of rotatable bonds is 8. The Balaban J connectivity index is 2.42. The standard InChI is InChI=1S/C14H22N2O4/c1-3-18-6-7-20-14(17)13(8-15)11(2)16-9-12-4-5-19-10-12/h12,16H,3-7,9-10H2,1-2H3/b13-11-. The number of hydrogen-bond acceptors (Lipinski definition) is 6. The van der Waals surface area contributed by atoms with Crippen LogP contribution in [0.1, 0.15) is 20.3 Å². The Morgan fingerprint density at radius 2 is 2.30 bits per heavy atom. The molecule has 0 aliphatic carbocycles. The zero-order chi connectivity index (χ0) is 14.8. The van der Waals surface area contributed by atoms with E-state index in [9.17, 15) is 4.79 Å². The van der Waals surface area contributed by atoms with Gasteiger partial charge in [-0.2, -0.15) is 5.26 Å². The highest BCUT2D eigenvalue weighted by Gasteiger charge is 2.18. The van der Waals surface area contributed by atoms with E-state index in [-0.39, 0.29) is 12.2 Å². The average molecular weight is 282 g/mol. The third kappa shape index (κ3) is 5.59. The van der Waals surface area contributed by atoms with Crippen molar-refractivity contribution in [2.75, 3.05) is 39.6 Å². The Labute approximate surface area is 119 Å². The number of ether oxygens (including phenoxy) is 3. The number of hydrogen-bond donors (Lipinski definition) is 1. The summed E-state index contributed by atoms with van der Waals surface area (Å²) in [5, 5.41) is 12.2. The Morgan fingerprint density at radius 1 is 1.50 bits per heavy atom. The van der Waals surface area contributed by atoms with Crippen molar-refractivity contribution in [1.82, 2.24) is 5.32 Å². The molecule has 1 aliphatic rings. The van der Waals surface area contributed by atoms with E-state index in [0.29, 0.717) is 31.4 Å². The van der Waals surface area contributed by atoms with Crippen LogP contribution < -0.4 is 5.32 Å². The van der Waals surface area contributed by atoms with E-state index in [0.717, 1.165) is 19.6 Å². The molecule has 112 valence electrons. The number of nitrogens with zero attached hydrogens (tertiary/aromatic N) is 1. The van der Waals surface area contributed by atoms with Gasteiger partial charge in [0.05, 0.1) is 13.2 Å². The first-order valence-corrected chi connectivity index (χ1v) is 6.86. The number of allylic oxidation sites excluding steroid dienone is 1. The molecule has 1 atom stereocenters. The zero-order valence-corrected chi connectivity index (χ0v) is 12.1. The molecule has 0 spiro atoms. The maximum atomic E-state index is 11.8. The molecule has 6 heteroatoms. The molecule has 1 saturated heterocycles. The van der Waals surface area contributed by atoms with E-state index < -0.39 is 5.97 Å². The van der Waals surface area contributed by atoms with Gasteiger partial charge in [-0.3, -0.25) is 0 Å². The molecule has 0 saturated carbocycles. The van der Waals surface area contributed by atoms with Crippen molar-refractivity contribution in [2.45, 2.75) is 20.3 Å². The van der Waals surface area contributed by atoms with Crippen LogP contribution in [0.25, 0.3) is 0 Å². The molecule has 6 nitrogen and oxygen atoms in total. The van der Waals surface area contributed by atoms with Crippen LogP contribution in [0.15, 0.2) is 11.3 Å². The summed E-state index contributed by atoms with van der Waals surface area (Å²) in [7, 11) is 0. The van der Waals surface area contributed by atoms with Crippen LogP contribution in [-0.4, -0.2) is 45.5 Å². The van der Waals surface area contributed by atoms with Gasteiger partial charge in [0.2, 0.25) is 0 Å². The third-order valence-corrected chi connectivity index (χ3v) is 3.04. The van der Waals surface area contributed by atoms with E-state index in [2.05, 4.69) is 5.32 Å². The predicted octanol–water partition coefficient (Wildman–Crippen LogP) is 0.990. The van der Waals surface area contributed by atoms with Gasteiger partial charge in [0, 0.05) is 31.4 Å². The molecular weight excluding hydrogens is 260 g/mol. The SMILES string of the molecule is CCOCCOC(=O)/C(C#N)=C(/C)NCC1CCOC1. The van der Waals surface area contributed by atoms with Crippen LogP contribution in [0.2, 0.25) is 0 Å². The lowest BCUT2D eigenvalue weighted by molar-refractivity contribution is -0.140. The summed E-state index contributed by atoms with van der Waals surface area (Å²) >= 11 is 0. The van der Waals surface area contributed by atoms with Gasteiger partial charge in [-0.1, -0.05) is 0 Å². The largest absolute Gasteiger partial charge is 0.459 e. The van der Waals surface area contributed by atoms with Gasteiger partial charge >= 0.3 is 5.97 Å². The highest BCUT2D eigenvalue weighted by molar-refractivity contribution is 5.93. The molecule has 0 radical (unpaired) electrons. The molecule has 1 N–H and O–H groups in total. The number of carbonyl (C=O) groups excluding carboxylic acids is 1. The van der Waals surface area contributed by atoms with Crippen molar-refractivity contribution in [1.29, 1.82) is 5.26 Å². The average Bonchev–Trinajstić information content (AvgIpc) is 2.95. The molecule has 1 fully saturated rings. The van der Waals surface area contributed by atoms with Crippen molar-refractivity contribution in [2.24, 2.45) is 5.92 Å². The smallest absolute Gasteiger partial charge is 0.350 e. The fraction of sp³-hybridized carbons (Fsp3) is 0.714. The molecule has 20 heavy (non-hydrogen) atoms. The van der Waals surface area contributed by atoms with Crippen molar-refractivity contribution in [3.63, 3.8) is 0 Å². The number of esters is 1. The second kappa shape index (κ2) is 9.34. The summed E-state index contributed by atoms with van der Waals surface area (Å²) in [6.45, 7) is 6.84. The summed E-state index contributed by atoms with van der Waals surface area (Å²) in [5.74, 6) is -0.182. The normalized spacial score (nSPS) is 19.1. The van der Waals surface area contributed by atoms with Gasteiger partial charge in [-0.15, -0.1) is 0 Å². The van der Waals surface area contributed by atoms with Gasteiger partial charge in [0.15, 0.2) is 5.57 Å². The lowest BCUT2D eigenvalue weighted by atomic mass is 10.1. The van der Waals surface area contributed by atoms with Crippen LogP contribution in [0.5, 0.6) is 0 Å². The van der Waals surface area contributed by atoms with Gasteiger partial charge in [0.1, 0.15) is 12.7 Å². The summed E-state index contributed by atoms with van der Waals surface area (Å²) < 4.78 is 15.3. The fourth-order valence-corrected chi connectivity index (χ4v) is 1.82. The van der Waals surface area contributed by atoms with Crippen molar-refractivity contribution >= 4 is 5.97 Å². The first kappa shape index (κ1) is 16.5. The van der Waals surface area contributed by atoms with Gasteiger partial charge in [-0.25, -0.2) is 4.79 Å². The maximum Gasteiger partial charge on any atom is 0.350 e. The summed E-state index contributed by atoms with van der Waals surface area (Å²) in [4.78, 5) is 11.8. The minimum absolute atomic E-state index is 0.0143. The molecule has 0 bridgehead atoms. The van der Waals surface area contributed by atoms with E-state index >= 15 is 0 Å². The molecule has 1 rings (SSSR count). The highest BCUT2D eigenvalue weighted by atomic mass is 16.6. The van der Waals surface area contributed by atoms with Crippen LogP contribution in [0, 0.1) is 17.2 Å². The Morgan fingerprint density at radius 3 is 2.90 bits per heavy atom. The lowest BCUT2D eigenvalue weighted by Gasteiger charge is -2.12. The summed E-state index contributed by atoms with van der Waals surface area (Å²) in [6.07, 6.45) is 1.00. The second-order valence-corrected chi connectivity index (χ2v) is 4.56. The van der Waals surface area contributed by atoms with Gasteiger partial charge < -0.3 is 19.5 Å². The third-order valence-electron chi connectivity index (χ3n) is 3.04. The maximum absolute atomic E-state index is 11.8. The molecule has 1 heterocycles. The molecule has 0 aromatic heterocycles. The molecule has 0 aromatic rings. The molecule has 1 unspecified atom stereocenters. The van der Waals surface area contributed by atoms with E-state index in [1.165, 1.54) is 0 Å². The first-order chi connectivity index (χ1) is 9.69. The van der Waals surface area contributed by atoms with Crippen LogP contribution in [-0.2, 0) is 19.0 Å².